The Labute approximate surface area is 189 Å². The van der Waals surface area contributed by atoms with E-state index in [1.807, 2.05) is 15.5 Å². The molecule has 2 aliphatic rings. The minimum Gasteiger partial charge on any atom is -0.383 e. The number of hydrogen-bond acceptors (Lipinski definition) is 6. The number of hydrogen-bond donors (Lipinski definition) is 0. The van der Waals surface area contributed by atoms with Crippen molar-refractivity contribution in [3.05, 3.63) is 30.4 Å². The fourth-order valence-electron chi connectivity index (χ4n) is 5.29. The molecule has 2 aromatic rings. The molecule has 0 aliphatic carbocycles. The van der Waals surface area contributed by atoms with Gasteiger partial charge in [-0.25, -0.2) is 4.98 Å². The Bertz CT molecular complexity index is 1040. The van der Waals surface area contributed by atoms with Crippen LogP contribution in [0.5, 0.6) is 0 Å². The quantitative estimate of drug-likeness (QED) is 0.511. The summed E-state index contributed by atoms with van der Waals surface area (Å²) in [6.07, 6.45) is 10.3. The summed E-state index contributed by atoms with van der Waals surface area (Å²) in [6, 6.07) is 4.41. The molecule has 0 aromatic carbocycles. The highest BCUT2D eigenvalue weighted by molar-refractivity contribution is 6.04. The van der Waals surface area contributed by atoms with Gasteiger partial charge in [0.15, 0.2) is 0 Å². The number of aromatic nitrogens is 3. The van der Waals surface area contributed by atoms with Crippen LogP contribution < -0.4 is 0 Å². The molecule has 0 unspecified atom stereocenters. The van der Waals surface area contributed by atoms with E-state index in [0.29, 0.717) is 25.4 Å². The molecule has 2 aromatic heterocycles. The molecule has 2 fully saturated rings. The molecule has 0 bridgehead atoms. The fraction of sp³-hybridized carbons (Fsp3) is 0.583. The Morgan fingerprint density at radius 1 is 1.25 bits per heavy atom. The van der Waals surface area contributed by atoms with Crippen molar-refractivity contribution in [2.24, 2.45) is 0 Å². The van der Waals surface area contributed by atoms with Gasteiger partial charge in [0.2, 0.25) is 0 Å². The lowest BCUT2D eigenvalue weighted by Crippen LogP contribution is -2.51. The van der Waals surface area contributed by atoms with Gasteiger partial charge < -0.3 is 9.64 Å². The normalized spacial score (nSPS) is 20.9. The number of likely N-dealkylation sites (tertiary alicyclic amines) is 2. The van der Waals surface area contributed by atoms with Gasteiger partial charge in [-0.05, 0) is 58.6 Å². The van der Waals surface area contributed by atoms with E-state index in [1.165, 1.54) is 0 Å². The average Bonchev–Trinajstić information content (AvgIpc) is 3.45. The molecule has 0 spiro atoms. The lowest BCUT2D eigenvalue weighted by Gasteiger charge is -2.42. The van der Waals surface area contributed by atoms with Gasteiger partial charge in [-0.3, -0.25) is 19.2 Å². The Kier molecular flexibility index (Phi) is 6.58. The first-order chi connectivity index (χ1) is 15.5. The van der Waals surface area contributed by atoms with Crippen LogP contribution in [-0.4, -0.2) is 75.2 Å². The Morgan fingerprint density at radius 2 is 2.03 bits per heavy atom. The maximum Gasteiger partial charge on any atom is 0.266 e. The van der Waals surface area contributed by atoms with Crippen molar-refractivity contribution in [3.8, 4) is 6.07 Å². The highest BCUT2D eigenvalue weighted by Gasteiger charge is 2.42. The predicted octanol–water partition coefficient (Wildman–Crippen LogP) is 3.07. The van der Waals surface area contributed by atoms with Gasteiger partial charge in [0.05, 0.1) is 29.6 Å². The lowest BCUT2D eigenvalue weighted by molar-refractivity contribution is -0.127. The predicted molar refractivity (Wildman–Crippen MR) is 122 cm³/mol. The molecule has 4 heterocycles. The highest BCUT2D eigenvalue weighted by atomic mass is 16.5. The van der Waals surface area contributed by atoms with Crippen LogP contribution >= 0.6 is 0 Å². The lowest BCUT2D eigenvalue weighted by atomic mass is 9.91. The summed E-state index contributed by atoms with van der Waals surface area (Å²) < 4.78 is 7.41. The second-order valence-electron chi connectivity index (χ2n) is 9.17. The second kappa shape index (κ2) is 9.39. The first kappa shape index (κ1) is 22.4. The number of fused-ring (bicyclic) bond motifs is 1. The number of piperidine rings is 1. The Hall–Kier alpha value is -2.76. The van der Waals surface area contributed by atoms with Crippen molar-refractivity contribution < 1.29 is 9.53 Å². The molecule has 4 rings (SSSR count). The van der Waals surface area contributed by atoms with Gasteiger partial charge in [-0.15, -0.1) is 0 Å². The summed E-state index contributed by atoms with van der Waals surface area (Å²) >= 11 is 0. The van der Waals surface area contributed by atoms with Crippen LogP contribution in [0, 0.1) is 11.3 Å². The maximum absolute atomic E-state index is 13.6. The van der Waals surface area contributed by atoms with E-state index in [9.17, 15) is 10.1 Å². The van der Waals surface area contributed by atoms with E-state index in [0.717, 1.165) is 49.7 Å². The van der Waals surface area contributed by atoms with Crippen molar-refractivity contribution in [2.45, 2.75) is 57.5 Å². The van der Waals surface area contributed by atoms with Crippen LogP contribution in [0.25, 0.3) is 16.7 Å². The summed E-state index contributed by atoms with van der Waals surface area (Å²) in [6.45, 7) is 7.10. The highest BCUT2D eigenvalue weighted by Crippen LogP contribution is 2.38. The standard InChI is InChI=1S/C24H32N6O2/c1-24(2,30-13-7-8-18(30)16-32-3)22(29-17-27-20-15-26-10-9-21(20)29)19(14-25)23(31)28-11-5-4-6-12-28/h9-10,15,17-18H,4-8,11-13,16H2,1-3H3/t18-/m0/s1. The first-order valence-electron chi connectivity index (χ1n) is 11.5. The van der Waals surface area contributed by atoms with Crippen molar-refractivity contribution in [2.75, 3.05) is 33.4 Å². The molecule has 1 atom stereocenters. The van der Waals surface area contributed by atoms with Gasteiger partial charge in [-0.1, -0.05) is 0 Å². The first-order valence-corrected chi connectivity index (χ1v) is 11.5. The topological polar surface area (TPSA) is 87.3 Å². The van der Waals surface area contributed by atoms with Crippen LogP contribution in [0.1, 0.15) is 46.0 Å². The third kappa shape index (κ3) is 4.03. The SMILES string of the molecule is COC[C@@H]1CCCN1C(C)(C)C(=C(C#N)C(=O)N1CCCCC1)n1cnc2cnccc21. The van der Waals surface area contributed by atoms with E-state index in [4.69, 9.17) is 4.74 Å². The summed E-state index contributed by atoms with van der Waals surface area (Å²) in [5, 5.41) is 10.3. The monoisotopic (exact) mass is 436 g/mol. The maximum atomic E-state index is 13.6. The van der Waals surface area contributed by atoms with Crippen molar-refractivity contribution >= 4 is 22.6 Å². The van der Waals surface area contributed by atoms with Crippen LogP contribution in [-0.2, 0) is 9.53 Å². The molecule has 0 radical (unpaired) electrons. The number of pyridine rings is 1. The molecule has 2 saturated heterocycles. The summed E-state index contributed by atoms with van der Waals surface area (Å²) in [4.78, 5) is 26.5. The number of ether oxygens (including phenoxy) is 1. The molecule has 8 heteroatoms. The molecule has 0 N–H and O–H groups in total. The van der Waals surface area contributed by atoms with E-state index in [2.05, 4.69) is 34.8 Å². The minimum absolute atomic E-state index is 0.186. The van der Waals surface area contributed by atoms with Crippen LogP contribution in [0.3, 0.4) is 0 Å². The summed E-state index contributed by atoms with van der Waals surface area (Å²) in [5.41, 5.74) is 1.85. The molecule has 2 aliphatic heterocycles. The van der Waals surface area contributed by atoms with Crippen molar-refractivity contribution in [1.82, 2.24) is 24.3 Å². The van der Waals surface area contributed by atoms with Crippen molar-refractivity contribution in [3.63, 3.8) is 0 Å². The van der Waals surface area contributed by atoms with Gasteiger partial charge in [0.1, 0.15) is 23.5 Å². The number of imidazole rings is 1. The van der Waals surface area contributed by atoms with Gasteiger partial charge >= 0.3 is 0 Å². The number of carbonyl (C=O) groups excluding carboxylic acids is 1. The molecule has 170 valence electrons. The smallest absolute Gasteiger partial charge is 0.266 e. The summed E-state index contributed by atoms with van der Waals surface area (Å²) in [5.74, 6) is -0.186. The van der Waals surface area contributed by atoms with Gasteiger partial charge in [-0.2, -0.15) is 5.26 Å². The zero-order chi connectivity index (χ0) is 22.7. The zero-order valence-corrected chi connectivity index (χ0v) is 19.3. The third-order valence-electron chi connectivity index (χ3n) is 6.83. The molecular weight excluding hydrogens is 404 g/mol. The Morgan fingerprint density at radius 3 is 2.75 bits per heavy atom. The van der Waals surface area contributed by atoms with Gasteiger partial charge in [0.25, 0.3) is 5.91 Å². The van der Waals surface area contributed by atoms with Crippen molar-refractivity contribution in [1.29, 1.82) is 5.26 Å². The van der Waals surface area contributed by atoms with Gasteiger partial charge in [0, 0.05) is 32.4 Å². The zero-order valence-electron chi connectivity index (χ0n) is 19.3. The number of methoxy groups -OCH3 is 1. The van der Waals surface area contributed by atoms with Crippen LogP contribution in [0.4, 0.5) is 0 Å². The Balaban J connectivity index is 1.89. The average molecular weight is 437 g/mol. The number of nitriles is 1. The fourth-order valence-corrected chi connectivity index (χ4v) is 5.29. The number of rotatable bonds is 6. The third-order valence-corrected chi connectivity index (χ3v) is 6.83. The molecule has 32 heavy (non-hydrogen) atoms. The van der Waals surface area contributed by atoms with Crippen LogP contribution in [0.15, 0.2) is 30.4 Å². The second-order valence-corrected chi connectivity index (χ2v) is 9.17. The molecule has 8 nitrogen and oxygen atoms in total. The van der Waals surface area contributed by atoms with E-state index >= 15 is 0 Å². The minimum atomic E-state index is -0.590. The number of carbonyl (C=O) groups is 1. The molecular formula is C24H32N6O2. The molecule has 0 saturated carbocycles. The van der Waals surface area contributed by atoms with E-state index in [1.54, 1.807) is 25.8 Å². The molecule has 1 amide bonds. The number of nitrogens with zero attached hydrogens (tertiary/aromatic N) is 6. The van der Waals surface area contributed by atoms with Crippen LogP contribution in [0.2, 0.25) is 0 Å². The van der Waals surface area contributed by atoms with E-state index < -0.39 is 5.54 Å². The van der Waals surface area contributed by atoms with E-state index in [-0.39, 0.29) is 17.5 Å². The number of amides is 1. The summed E-state index contributed by atoms with van der Waals surface area (Å²) in [7, 11) is 1.72. The largest absolute Gasteiger partial charge is 0.383 e.